The maximum absolute atomic E-state index is 12.1. The second-order valence-corrected chi connectivity index (χ2v) is 7.79. The molecule has 0 spiro atoms. The minimum absolute atomic E-state index is 0. The number of aromatic nitrogens is 1. The van der Waals surface area contributed by atoms with Gasteiger partial charge in [0, 0.05) is 42.6 Å². The van der Waals surface area contributed by atoms with Crippen molar-refractivity contribution in [2.45, 2.75) is 19.9 Å². The first kappa shape index (κ1) is 23.8. The van der Waals surface area contributed by atoms with Gasteiger partial charge in [-0.15, -0.1) is 35.3 Å². The lowest BCUT2D eigenvalue weighted by atomic mass is 10.2. The van der Waals surface area contributed by atoms with Crippen molar-refractivity contribution in [3.63, 3.8) is 0 Å². The van der Waals surface area contributed by atoms with Crippen molar-refractivity contribution >= 4 is 63.1 Å². The lowest BCUT2D eigenvalue weighted by Gasteiger charge is -2.21. The number of amides is 1. The normalized spacial score (nSPS) is 10.9. The van der Waals surface area contributed by atoms with Gasteiger partial charge in [0.15, 0.2) is 5.96 Å². The molecule has 0 saturated heterocycles. The summed E-state index contributed by atoms with van der Waals surface area (Å²) >= 11 is 5.02. The fraction of sp³-hybridized carbons (Fsp3) is 0.389. The van der Waals surface area contributed by atoms with E-state index < -0.39 is 0 Å². The van der Waals surface area contributed by atoms with Crippen LogP contribution in [0.1, 0.15) is 27.5 Å². The van der Waals surface area contributed by atoms with Crippen LogP contribution in [0, 0.1) is 6.92 Å². The molecule has 9 heteroatoms. The molecule has 148 valence electrons. The van der Waals surface area contributed by atoms with E-state index in [1.807, 2.05) is 37.1 Å². The molecule has 1 amide bonds. The van der Waals surface area contributed by atoms with Gasteiger partial charge in [-0.1, -0.05) is 22.0 Å². The van der Waals surface area contributed by atoms with Crippen LogP contribution in [0.15, 0.2) is 39.1 Å². The first-order chi connectivity index (χ1) is 12.5. The zero-order valence-corrected chi connectivity index (χ0v) is 20.4. The summed E-state index contributed by atoms with van der Waals surface area (Å²) in [6, 6.07) is 7.36. The number of benzene rings is 1. The number of aliphatic imine (C=N–C) groups is 1. The number of carbonyl (C=O) groups excluding carboxylic acids is 1. The molecule has 0 aliphatic heterocycles. The molecule has 0 aliphatic rings. The number of halogens is 2. The summed E-state index contributed by atoms with van der Waals surface area (Å²) in [6.45, 7) is 4.05. The third-order valence-electron chi connectivity index (χ3n) is 3.65. The minimum atomic E-state index is -0.0632. The van der Waals surface area contributed by atoms with Gasteiger partial charge in [-0.05, 0) is 31.5 Å². The molecule has 0 saturated carbocycles. The molecule has 1 aromatic carbocycles. The summed E-state index contributed by atoms with van der Waals surface area (Å²) in [5, 5.41) is 9.37. The highest BCUT2D eigenvalue weighted by atomic mass is 127. The van der Waals surface area contributed by atoms with Gasteiger partial charge in [0.2, 0.25) is 0 Å². The molecule has 0 radical (unpaired) electrons. The average Bonchev–Trinajstić information content (AvgIpc) is 3.02. The Bertz CT molecular complexity index is 768. The van der Waals surface area contributed by atoms with E-state index in [0.717, 1.165) is 34.1 Å². The van der Waals surface area contributed by atoms with Gasteiger partial charge in [0.05, 0.1) is 17.2 Å². The van der Waals surface area contributed by atoms with Crippen molar-refractivity contribution in [2.75, 3.05) is 27.2 Å². The molecule has 6 nitrogen and oxygen atoms in total. The smallest absolute Gasteiger partial charge is 0.251 e. The van der Waals surface area contributed by atoms with Crippen molar-refractivity contribution in [3.8, 4) is 0 Å². The number of nitrogens with zero attached hydrogens (tertiary/aromatic N) is 3. The lowest BCUT2D eigenvalue weighted by molar-refractivity contribution is 0.0953. The van der Waals surface area contributed by atoms with Gasteiger partial charge in [-0.25, -0.2) is 4.98 Å². The molecule has 0 atom stereocenters. The lowest BCUT2D eigenvalue weighted by Crippen LogP contribution is -2.39. The van der Waals surface area contributed by atoms with Gasteiger partial charge >= 0.3 is 0 Å². The fourth-order valence-corrected chi connectivity index (χ4v) is 3.41. The molecule has 2 N–H and O–H groups in total. The third-order valence-corrected chi connectivity index (χ3v) is 4.96. The maximum Gasteiger partial charge on any atom is 0.251 e. The SMILES string of the molecule is CN=C(NCCCNC(=O)c1cccc(Br)c1)N(C)Cc1csc(C)n1.I. The van der Waals surface area contributed by atoms with Crippen LogP contribution in [0.25, 0.3) is 0 Å². The van der Waals surface area contributed by atoms with E-state index in [-0.39, 0.29) is 29.9 Å². The molecular weight excluding hydrogens is 541 g/mol. The third kappa shape index (κ3) is 8.14. The number of guanidine groups is 1. The summed E-state index contributed by atoms with van der Waals surface area (Å²) in [5.74, 6) is 0.751. The highest BCUT2D eigenvalue weighted by Crippen LogP contribution is 2.11. The number of carbonyl (C=O) groups is 1. The van der Waals surface area contributed by atoms with E-state index >= 15 is 0 Å². The number of rotatable bonds is 7. The topological polar surface area (TPSA) is 69.6 Å². The van der Waals surface area contributed by atoms with Crippen molar-refractivity contribution < 1.29 is 4.79 Å². The molecule has 2 rings (SSSR count). The van der Waals surface area contributed by atoms with Crippen LogP contribution >= 0.6 is 51.2 Å². The van der Waals surface area contributed by atoms with Gasteiger partial charge in [0.25, 0.3) is 5.91 Å². The molecule has 0 fully saturated rings. The van der Waals surface area contributed by atoms with Crippen LogP contribution in [0.5, 0.6) is 0 Å². The van der Waals surface area contributed by atoms with E-state index in [1.165, 1.54) is 0 Å². The second-order valence-electron chi connectivity index (χ2n) is 5.81. The van der Waals surface area contributed by atoms with Crippen LogP contribution in [-0.2, 0) is 6.54 Å². The van der Waals surface area contributed by atoms with Crippen LogP contribution < -0.4 is 10.6 Å². The molecule has 2 aromatic rings. The summed E-state index contributed by atoms with van der Waals surface area (Å²) < 4.78 is 0.897. The van der Waals surface area contributed by atoms with Crippen molar-refractivity contribution in [1.29, 1.82) is 0 Å². The predicted molar refractivity (Wildman–Crippen MR) is 126 cm³/mol. The van der Waals surface area contributed by atoms with Crippen LogP contribution in [0.2, 0.25) is 0 Å². The number of nitrogens with one attached hydrogen (secondary N) is 2. The van der Waals surface area contributed by atoms with Crippen LogP contribution in [0.4, 0.5) is 0 Å². The number of thiazole rings is 1. The monoisotopic (exact) mass is 565 g/mol. The van der Waals surface area contributed by atoms with Gasteiger partial charge in [0.1, 0.15) is 0 Å². The predicted octanol–water partition coefficient (Wildman–Crippen LogP) is 3.66. The standard InChI is InChI=1S/C18H24BrN5OS.HI/c1-13-23-16(12-26-13)11-24(3)18(20-2)22-9-5-8-21-17(25)14-6-4-7-15(19)10-14;/h4,6-7,10,12H,5,8-9,11H2,1-3H3,(H,20,22)(H,21,25);1H. The second kappa shape index (κ2) is 12.3. The molecule has 0 bridgehead atoms. The van der Waals surface area contributed by atoms with Gasteiger partial charge in [-0.3, -0.25) is 9.79 Å². The van der Waals surface area contributed by atoms with Gasteiger partial charge in [-0.2, -0.15) is 0 Å². The number of hydrogen-bond donors (Lipinski definition) is 2. The molecule has 27 heavy (non-hydrogen) atoms. The Balaban J connectivity index is 0.00000364. The Hall–Kier alpha value is -1.20. The molecule has 1 aromatic heterocycles. The fourth-order valence-electron chi connectivity index (χ4n) is 2.41. The number of aryl methyl sites for hydroxylation is 1. The molecule has 1 heterocycles. The Morgan fingerprint density at radius 3 is 2.70 bits per heavy atom. The largest absolute Gasteiger partial charge is 0.356 e. The first-order valence-electron chi connectivity index (χ1n) is 8.36. The Kier molecular flexibility index (Phi) is 10.9. The Morgan fingerprint density at radius 2 is 2.07 bits per heavy atom. The van der Waals surface area contributed by atoms with Gasteiger partial charge < -0.3 is 15.5 Å². The highest BCUT2D eigenvalue weighted by Gasteiger charge is 2.09. The highest BCUT2D eigenvalue weighted by molar-refractivity contribution is 14.0. The summed E-state index contributed by atoms with van der Waals surface area (Å²) in [4.78, 5) is 22.9. The van der Waals surface area contributed by atoms with E-state index in [0.29, 0.717) is 18.7 Å². The van der Waals surface area contributed by atoms with E-state index in [2.05, 4.69) is 41.9 Å². The maximum atomic E-state index is 12.1. The van der Waals surface area contributed by atoms with Crippen LogP contribution in [-0.4, -0.2) is 48.9 Å². The Morgan fingerprint density at radius 1 is 1.33 bits per heavy atom. The van der Waals surface area contributed by atoms with Crippen molar-refractivity contribution in [3.05, 3.63) is 50.4 Å². The minimum Gasteiger partial charge on any atom is -0.356 e. The average molecular weight is 566 g/mol. The molecular formula is C18H25BrIN5OS. The molecule has 0 aliphatic carbocycles. The zero-order chi connectivity index (χ0) is 18.9. The zero-order valence-electron chi connectivity index (χ0n) is 15.7. The van der Waals surface area contributed by atoms with Crippen LogP contribution in [0.3, 0.4) is 0 Å². The van der Waals surface area contributed by atoms with E-state index in [9.17, 15) is 4.79 Å². The summed E-state index contributed by atoms with van der Waals surface area (Å²) in [5.41, 5.74) is 1.70. The van der Waals surface area contributed by atoms with E-state index in [1.54, 1.807) is 24.5 Å². The number of hydrogen-bond acceptors (Lipinski definition) is 4. The van der Waals surface area contributed by atoms with E-state index in [4.69, 9.17) is 0 Å². The van der Waals surface area contributed by atoms with Crippen molar-refractivity contribution in [1.82, 2.24) is 20.5 Å². The summed E-state index contributed by atoms with van der Waals surface area (Å²) in [6.07, 6.45) is 0.808. The first-order valence-corrected chi connectivity index (χ1v) is 10.0. The Labute approximate surface area is 190 Å². The quantitative estimate of drug-likeness (QED) is 0.233. The molecule has 0 unspecified atom stereocenters. The summed E-state index contributed by atoms with van der Waals surface area (Å²) in [7, 11) is 3.75. The van der Waals surface area contributed by atoms with Crippen molar-refractivity contribution in [2.24, 2.45) is 4.99 Å².